The van der Waals surface area contributed by atoms with E-state index in [0.717, 1.165) is 26.1 Å². The van der Waals surface area contributed by atoms with Crippen LogP contribution in [-0.2, 0) is 16.8 Å². The van der Waals surface area contributed by atoms with Crippen molar-refractivity contribution >= 4 is 29.7 Å². The Balaban J connectivity index is 0.00000288. The van der Waals surface area contributed by atoms with Gasteiger partial charge in [0.15, 0.2) is 0 Å². The summed E-state index contributed by atoms with van der Waals surface area (Å²) < 4.78 is 0. The Kier molecular flexibility index (Phi) is 8.63. The molecule has 1 aliphatic rings. The van der Waals surface area contributed by atoms with Crippen LogP contribution in [0.25, 0.3) is 0 Å². The third-order valence-electron chi connectivity index (χ3n) is 4.29. The van der Waals surface area contributed by atoms with E-state index in [-0.39, 0.29) is 23.7 Å². The molecule has 1 amide bonds. The Hall–Kier alpha value is -0.690. The molecule has 3 N–H and O–H groups in total. The van der Waals surface area contributed by atoms with Crippen LogP contribution in [0.1, 0.15) is 56.3 Å². The van der Waals surface area contributed by atoms with E-state index in [9.17, 15) is 4.79 Å². The van der Waals surface area contributed by atoms with E-state index in [1.807, 2.05) is 17.5 Å². The molecule has 2 heterocycles. The lowest BCUT2D eigenvalue weighted by Crippen LogP contribution is -2.46. The summed E-state index contributed by atoms with van der Waals surface area (Å²) in [7, 11) is 0. The monoisotopic (exact) mass is 374 g/mol. The molecule has 0 spiro atoms. The summed E-state index contributed by atoms with van der Waals surface area (Å²) in [4.78, 5) is 20.1. The Morgan fingerprint density at radius 1 is 1.46 bits per heavy atom. The smallest absolute Gasteiger partial charge is 0.221 e. The molecule has 1 aromatic heterocycles. The van der Waals surface area contributed by atoms with Crippen LogP contribution in [0.3, 0.4) is 0 Å². The van der Waals surface area contributed by atoms with E-state index >= 15 is 0 Å². The second-order valence-corrected chi connectivity index (χ2v) is 8.45. The first kappa shape index (κ1) is 21.4. The number of likely N-dealkylation sites (tertiary alicyclic amines) is 1. The van der Waals surface area contributed by atoms with Crippen molar-refractivity contribution in [3.05, 3.63) is 16.1 Å². The second-order valence-electron chi connectivity index (χ2n) is 7.33. The number of amides is 1. The molecule has 0 radical (unpaired) electrons. The summed E-state index contributed by atoms with van der Waals surface area (Å²) >= 11 is 1.81. The van der Waals surface area contributed by atoms with Gasteiger partial charge in [-0.25, -0.2) is 4.98 Å². The molecule has 0 aromatic carbocycles. The highest BCUT2D eigenvalue weighted by molar-refractivity contribution is 7.11. The van der Waals surface area contributed by atoms with Crippen molar-refractivity contribution in [2.45, 2.75) is 64.5 Å². The average Bonchev–Trinajstić information content (AvgIpc) is 2.95. The van der Waals surface area contributed by atoms with Crippen LogP contribution in [0.5, 0.6) is 0 Å². The number of thiazole rings is 1. The van der Waals surface area contributed by atoms with Crippen LogP contribution >= 0.6 is 23.7 Å². The van der Waals surface area contributed by atoms with Crippen LogP contribution in [0.2, 0.25) is 0 Å². The fraction of sp³-hybridized carbons (Fsp3) is 0.765. The second kappa shape index (κ2) is 9.70. The summed E-state index contributed by atoms with van der Waals surface area (Å²) in [5.41, 5.74) is 5.59. The number of nitrogens with one attached hydrogen (secondary N) is 1. The van der Waals surface area contributed by atoms with Gasteiger partial charge in [0, 0.05) is 36.6 Å². The van der Waals surface area contributed by atoms with Crippen molar-refractivity contribution in [1.29, 1.82) is 0 Å². The lowest BCUT2D eigenvalue weighted by atomic mass is 9.96. The van der Waals surface area contributed by atoms with Crippen molar-refractivity contribution in [2.24, 2.45) is 5.73 Å². The van der Waals surface area contributed by atoms with E-state index in [4.69, 9.17) is 5.73 Å². The lowest BCUT2D eigenvalue weighted by molar-refractivity contribution is -0.121. The van der Waals surface area contributed by atoms with Crippen molar-refractivity contribution in [3.63, 3.8) is 0 Å². The molecule has 0 saturated carbocycles. The number of nitrogens with zero attached hydrogens (tertiary/aromatic N) is 2. The highest BCUT2D eigenvalue weighted by Gasteiger charge is 2.24. The summed E-state index contributed by atoms with van der Waals surface area (Å²) in [5, 5.41) is 4.20. The molecule has 1 atom stereocenters. The van der Waals surface area contributed by atoms with E-state index < -0.39 is 0 Å². The molecule has 1 fully saturated rings. The quantitative estimate of drug-likeness (QED) is 0.803. The van der Waals surface area contributed by atoms with E-state index in [2.05, 4.69) is 36.0 Å². The number of hydrogen-bond donors (Lipinski definition) is 2. The zero-order chi connectivity index (χ0) is 16.9. The SMILES string of the molecule is CC(C)(C)c1cnc(CN2CCCCC2CNC(=O)CCN)s1.Cl. The largest absolute Gasteiger partial charge is 0.354 e. The molecule has 1 unspecified atom stereocenters. The Bertz CT molecular complexity index is 515. The molecule has 5 nitrogen and oxygen atoms in total. The minimum atomic E-state index is 0. The first-order valence-electron chi connectivity index (χ1n) is 8.56. The number of carbonyl (C=O) groups excluding carboxylic acids is 1. The highest BCUT2D eigenvalue weighted by Crippen LogP contribution is 2.29. The fourth-order valence-corrected chi connectivity index (χ4v) is 3.86. The van der Waals surface area contributed by atoms with Crippen molar-refractivity contribution < 1.29 is 4.79 Å². The number of carbonyl (C=O) groups is 1. The molecule has 7 heteroatoms. The lowest BCUT2D eigenvalue weighted by Gasteiger charge is -2.35. The maximum atomic E-state index is 11.6. The van der Waals surface area contributed by atoms with Crippen LogP contribution in [0.4, 0.5) is 0 Å². The molecular weight excluding hydrogens is 344 g/mol. The van der Waals surface area contributed by atoms with Gasteiger partial charge in [-0.15, -0.1) is 23.7 Å². The molecule has 1 aliphatic heterocycles. The van der Waals surface area contributed by atoms with Gasteiger partial charge in [-0.2, -0.15) is 0 Å². The minimum Gasteiger partial charge on any atom is -0.354 e. The van der Waals surface area contributed by atoms with Gasteiger partial charge in [-0.05, 0) is 24.8 Å². The first-order valence-corrected chi connectivity index (χ1v) is 9.38. The Morgan fingerprint density at radius 2 is 2.21 bits per heavy atom. The van der Waals surface area contributed by atoms with Gasteiger partial charge in [0.25, 0.3) is 0 Å². The van der Waals surface area contributed by atoms with E-state index in [1.165, 1.54) is 22.7 Å². The molecule has 0 bridgehead atoms. The van der Waals surface area contributed by atoms with E-state index in [1.54, 1.807) is 0 Å². The van der Waals surface area contributed by atoms with Gasteiger partial charge in [0.2, 0.25) is 5.91 Å². The molecule has 24 heavy (non-hydrogen) atoms. The number of rotatable bonds is 6. The van der Waals surface area contributed by atoms with Crippen molar-refractivity contribution in [2.75, 3.05) is 19.6 Å². The predicted octanol–water partition coefficient (Wildman–Crippen LogP) is 2.68. The van der Waals surface area contributed by atoms with Crippen LogP contribution < -0.4 is 11.1 Å². The fourth-order valence-electron chi connectivity index (χ4n) is 2.85. The summed E-state index contributed by atoms with van der Waals surface area (Å²) in [6.45, 7) is 9.77. The topological polar surface area (TPSA) is 71.2 Å². The molecule has 138 valence electrons. The Morgan fingerprint density at radius 3 is 2.83 bits per heavy atom. The van der Waals surface area contributed by atoms with Gasteiger partial charge in [0.1, 0.15) is 5.01 Å². The first-order chi connectivity index (χ1) is 10.9. The molecular formula is C17H31ClN4OS. The van der Waals surface area contributed by atoms with Gasteiger partial charge in [-0.3, -0.25) is 9.69 Å². The zero-order valence-electron chi connectivity index (χ0n) is 15.0. The van der Waals surface area contributed by atoms with Crippen LogP contribution in [0.15, 0.2) is 6.20 Å². The van der Waals surface area contributed by atoms with E-state index in [0.29, 0.717) is 19.0 Å². The number of aromatic nitrogens is 1. The Labute approximate surface area is 155 Å². The predicted molar refractivity (Wildman–Crippen MR) is 103 cm³/mol. The molecule has 0 aliphatic carbocycles. The number of nitrogens with two attached hydrogens (primary N) is 1. The summed E-state index contributed by atoms with van der Waals surface area (Å²) in [6, 6.07) is 0.410. The maximum absolute atomic E-state index is 11.6. The third-order valence-corrected chi connectivity index (χ3v) is 5.69. The molecule has 1 aromatic rings. The maximum Gasteiger partial charge on any atom is 0.221 e. The number of halogens is 1. The summed E-state index contributed by atoms with van der Waals surface area (Å²) in [5.74, 6) is 0.0577. The van der Waals surface area contributed by atoms with Crippen LogP contribution in [0, 0.1) is 0 Å². The van der Waals surface area contributed by atoms with Gasteiger partial charge < -0.3 is 11.1 Å². The number of piperidine rings is 1. The van der Waals surface area contributed by atoms with Gasteiger partial charge in [-0.1, -0.05) is 27.2 Å². The van der Waals surface area contributed by atoms with Crippen molar-refractivity contribution in [3.8, 4) is 0 Å². The van der Waals surface area contributed by atoms with Crippen LogP contribution in [-0.4, -0.2) is 41.5 Å². The van der Waals surface area contributed by atoms with Gasteiger partial charge >= 0.3 is 0 Å². The standard InChI is InChI=1S/C17H30N4OS.ClH/c1-17(2,3)14-11-20-16(23-14)12-21-9-5-4-6-13(21)10-19-15(22)7-8-18;/h11,13H,4-10,12,18H2,1-3H3,(H,19,22);1H. The molecule has 2 rings (SSSR count). The number of hydrogen-bond acceptors (Lipinski definition) is 5. The van der Waals surface area contributed by atoms with Gasteiger partial charge in [0.05, 0.1) is 6.54 Å². The average molecular weight is 375 g/mol. The normalized spacial score (nSPS) is 18.9. The third kappa shape index (κ3) is 6.31. The summed E-state index contributed by atoms with van der Waals surface area (Å²) in [6.07, 6.45) is 6.03. The van der Waals surface area contributed by atoms with Crippen molar-refractivity contribution in [1.82, 2.24) is 15.2 Å². The molecule has 1 saturated heterocycles. The minimum absolute atomic E-state index is 0. The zero-order valence-corrected chi connectivity index (χ0v) is 16.6. The highest BCUT2D eigenvalue weighted by atomic mass is 35.5.